The largest absolute Gasteiger partial charge is 0.453 e. The molecule has 0 aliphatic carbocycles. The van der Waals surface area contributed by atoms with Crippen LogP contribution in [0.25, 0.3) is 0 Å². The van der Waals surface area contributed by atoms with E-state index in [2.05, 4.69) is 0 Å². The zero-order chi connectivity index (χ0) is 30.0. The van der Waals surface area contributed by atoms with Gasteiger partial charge in [0, 0.05) is 6.92 Å². The van der Waals surface area contributed by atoms with Crippen molar-refractivity contribution in [3.05, 3.63) is 108 Å². The number of esters is 1. The van der Waals surface area contributed by atoms with Crippen molar-refractivity contribution in [2.24, 2.45) is 0 Å². The first-order valence-corrected chi connectivity index (χ1v) is 14.4. The molecule has 1 aliphatic heterocycles. The predicted molar refractivity (Wildman–Crippen MR) is 159 cm³/mol. The third-order valence-corrected chi connectivity index (χ3v) is 6.86. The number of carbonyl (C=O) groups is 1. The zero-order valence-corrected chi connectivity index (χ0v) is 25.1. The molecule has 8 nitrogen and oxygen atoms in total. The van der Waals surface area contributed by atoms with Crippen LogP contribution in [-0.2, 0) is 53.0 Å². The maximum atomic E-state index is 12.3. The van der Waals surface area contributed by atoms with Crippen LogP contribution in [0.2, 0.25) is 0 Å². The second kappa shape index (κ2) is 15.7. The van der Waals surface area contributed by atoms with Crippen LogP contribution in [-0.4, -0.2) is 53.0 Å². The molecule has 3 aromatic carbocycles. The van der Waals surface area contributed by atoms with Crippen molar-refractivity contribution < 1.29 is 33.2 Å². The van der Waals surface area contributed by atoms with Gasteiger partial charge in [-0.3, -0.25) is 10.2 Å². The Morgan fingerprint density at radius 1 is 0.738 bits per heavy atom. The molecule has 0 amide bonds. The van der Waals surface area contributed by atoms with E-state index in [4.69, 9.17) is 68.6 Å². The average Bonchev–Trinajstić information content (AvgIpc) is 2.97. The maximum Gasteiger partial charge on any atom is 0.303 e. The molecule has 0 spiro atoms. The summed E-state index contributed by atoms with van der Waals surface area (Å²) in [5.74, 6) is -1.32. The molecule has 1 aliphatic rings. The first kappa shape index (κ1) is 32.2. The van der Waals surface area contributed by atoms with Gasteiger partial charge in [0.25, 0.3) is 3.79 Å². The Balaban J connectivity index is 1.64. The average molecular weight is 637 g/mol. The highest BCUT2D eigenvalue weighted by atomic mass is 35.6. The fraction of sp³-hybridized carbons (Fsp3) is 0.355. The quantitative estimate of drug-likeness (QED) is 0.106. The van der Waals surface area contributed by atoms with Crippen LogP contribution in [0.4, 0.5) is 0 Å². The van der Waals surface area contributed by atoms with E-state index in [1.54, 1.807) is 0 Å². The second-order valence-corrected chi connectivity index (χ2v) is 11.9. The number of benzene rings is 3. The standard InChI is InChI=1S/C31H32Cl3NO7/c1-21(36)40-28-27(39-19-24-15-9-4-10-16-24)26(38-18-23-13-7-3-8-14-23)25(20-37-17-22-11-5-2-6-12-22)41-29(28)42-30(35)31(32,33)34/h2-16,25-29,35H,17-20H2,1H3/t25?,26-,27+,28?,29-/m0/s1. The van der Waals surface area contributed by atoms with Crippen LogP contribution in [0.1, 0.15) is 23.6 Å². The Labute approximate surface area is 260 Å². The number of hydrogen-bond donors (Lipinski definition) is 1. The van der Waals surface area contributed by atoms with E-state index < -0.39 is 46.4 Å². The molecule has 2 unspecified atom stereocenters. The van der Waals surface area contributed by atoms with E-state index in [1.807, 2.05) is 91.0 Å². The molecule has 0 radical (unpaired) electrons. The highest BCUT2D eigenvalue weighted by Gasteiger charge is 2.52. The fourth-order valence-electron chi connectivity index (χ4n) is 4.40. The Kier molecular flexibility index (Phi) is 12.0. The van der Waals surface area contributed by atoms with Crippen molar-refractivity contribution in [3.63, 3.8) is 0 Å². The second-order valence-electron chi connectivity index (χ2n) is 9.58. The van der Waals surface area contributed by atoms with Gasteiger partial charge in [-0.15, -0.1) is 0 Å². The molecule has 11 heteroatoms. The summed E-state index contributed by atoms with van der Waals surface area (Å²) >= 11 is 17.7. The van der Waals surface area contributed by atoms with Crippen LogP contribution in [0.5, 0.6) is 0 Å². The van der Waals surface area contributed by atoms with Crippen LogP contribution >= 0.6 is 34.8 Å². The topological polar surface area (TPSA) is 96.3 Å². The van der Waals surface area contributed by atoms with Crippen LogP contribution in [0, 0.1) is 5.41 Å². The van der Waals surface area contributed by atoms with E-state index in [1.165, 1.54) is 6.92 Å². The van der Waals surface area contributed by atoms with E-state index in [9.17, 15) is 4.79 Å². The highest BCUT2D eigenvalue weighted by molar-refractivity contribution is 6.76. The molecule has 1 saturated heterocycles. The molecule has 0 bridgehead atoms. The lowest BCUT2D eigenvalue weighted by molar-refractivity contribution is -0.305. The summed E-state index contributed by atoms with van der Waals surface area (Å²) in [6.07, 6.45) is -5.01. The predicted octanol–water partition coefficient (Wildman–Crippen LogP) is 6.39. The first-order chi connectivity index (χ1) is 20.2. The summed E-state index contributed by atoms with van der Waals surface area (Å²) in [5, 5.41) is 8.17. The molecule has 3 aromatic rings. The first-order valence-electron chi connectivity index (χ1n) is 13.3. The number of rotatable bonds is 12. The monoisotopic (exact) mass is 635 g/mol. The van der Waals surface area contributed by atoms with Gasteiger partial charge in [-0.05, 0) is 16.7 Å². The van der Waals surface area contributed by atoms with E-state index >= 15 is 0 Å². The number of halogens is 3. The molecule has 1 N–H and O–H groups in total. The molecular formula is C31H32Cl3NO7. The van der Waals surface area contributed by atoms with Gasteiger partial charge in [-0.2, -0.15) is 0 Å². The van der Waals surface area contributed by atoms with Crippen molar-refractivity contribution in [2.45, 2.75) is 61.2 Å². The van der Waals surface area contributed by atoms with Crippen LogP contribution < -0.4 is 0 Å². The van der Waals surface area contributed by atoms with Crippen molar-refractivity contribution in [2.75, 3.05) is 6.61 Å². The Hall–Kier alpha value is -2.69. The molecule has 224 valence electrons. The SMILES string of the molecule is CC(=O)OC1[C@H](OC(=N)C(Cl)(Cl)Cl)OC(COCc2ccccc2)[C@H](OCc2ccccc2)[C@H]1OCc1ccccc1. The van der Waals surface area contributed by atoms with Gasteiger partial charge >= 0.3 is 5.97 Å². The van der Waals surface area contributed by atoms with E-state index in [0.717, 1.165) is 16.7 Å². The maximum absolute atomic E-state index is 12.3. The Bertz CT molecular complexity index is 1260. The van der Waals surface area contributed by atoms with E-state index in [-0.39, 0.29) is 19.8 Å². The summed E-state index contributed by atoms with van der Waals surface area (Å²) in [6, 6.07) is 28.8. The fourth-order valence-corrected chi connectivity index (χ4v) is 4.53. The third kappa shape index (κ3) is 9.67. The lowest BCUT2D eigenvalue weighted by Gasteiger charge is -2.45. The van der Waals surface area contributed by atoms with Gasteiger partial charge in [-0.1, -0.05) is 126 Å². The normalized spacial score (nSPS) is 22.3. The molecule has 42 heavy (non-hydrogen) atoms. The van der Waals surface area contributed by atoms with Gasteiger partial charge in [0.2, 0.25) is 12.2 Å². The lowest BCUT2D eigenvalue weighted by atomic mass is 9.98. The van der Waals surface area contributed by atoms with E-state index in [0.29, 0.717) is 6.61 Å². The summed E-state index contributed by atoms with van der Waals surface area (Å²) in [5.41, 5.74) is 2.77. The Morgan fingerprint density at radius 2 is 1.21 bits per heavy atom. The van der Waals surface area contributed by atoms with Crippen molar-refractivity contribution in [1.82, 2.24) is 0 Å². The van der Waals surface area contributed by atoms with Crippen LogP contribution in [0.15, 0.2) is 91.0 Å². The minimum atomic E-state index is -2.18. The molecule has 0 saturated carbocycles. The molecule has 4 rings (SSSR count). The highest BCUT2D eigenvalue weighted by Crippen LogP contribution is 2.34. The number of hydrogen-bond acceptors (Lipinski definition) is 8. The van der Waals surface area contributed by atoms with Gasteiger partial charge in [0.15, 0.2) is 6.10 Å². The van der Waals surface area contributed by atoms with Crippen molar-refractivity contribution in [3.8, 4) is 0 Å². The summed E-state index contributed by atoms with van der Waals surface area (Å²) in [7, 11) is 0. The zero-order valence-electron chi connectivity index (χ0n) is 22.9. The lowest BCUT2D eigenvalue weighted by Crippen LogP contribution is -2.62. The molecule has 1 heterocycles. The summed E-state index contributed by atoms with van der Waals surface area (Å²) < 4.78 is 34.2. The number of carbonyl (C=O) groups excluding carboxylic acids is 1. The van der Waals surface area contributed by atoms with Gasteiger partial charge < -0.3 is 28.4 Å². The number of ether oxygens (including phenoxy) is 6. The summed E-state index contributed by atoms with van der Waals surface area (Å²) in [6.45, 7) is 2.01. The van der Waals surface area contributed by atoms with Crippen molar-refractivity contribution in [1.29, 1.82) is 5.41 Å². The molecule has 5 atom stereocenters. The minimum Gasteiger partial charge on any atom is -0.453 e. The number of nitrogens with one attached hydrogen (secondary N) is 1. The third-order valence-electron chi connectivity index (χ3n) is 6.35. The van der Waals surface area contributed by atoms with Gasteiger partial charge in [0.1, 0.15) is 18.3 Å². The Morgan fingerprint density at radius 3 is 1.69 bits per heavy atom. The van der Waals surface area contributed by atoms with Gasteiger partial charge in [0.05, 0.1) is 26.4 Å². The molecule has 0 aromatic heterocycles. The van der Waals surface area contributed by atoms with Gasteiger partial charge in [-0.25, -0.2) is 0 Å². The van der Waals surface area contributed by atoms with Crippen LogP contribution in [0.3, 0.4) is 0 Å². The minimum absolute atomic E-state index is 0.0628. The number of alkyl halides is 3. The molecular weight excluding hydrogens is 605 g/mol. The molecule has 1 fully saturated rings. The smallest absolute Gasteiger partial charge is 0.303 e. The van der Waals surface area contributed by atoms with Crippen molar-refractivity contribution >= 4 is 46.7 Å². The summed E-state index contributed by atoms with van der Waals surface area (Å²) in [4.78, 5) is 12.3.